The second-order valence-corrected chi connectivity index (χ2v) is 15.6. The third-order valence-electron chi connectivity index (χ3n) is 5.88. The predicted molar refractivity (Wildman–Crippen MR) is 194 cm³/mol. The van der Waals surface area contributed by atoms with E-state index in [1.807, 2.05) is 27.7 Å². The maximum absolute atomic E-state index is 12.7. The number of carboxylic acid groups (broad SMARTS) is 2. The molecule has 0 amide bonds. The zero-order valence-corrected chi connectivity index (χ0v) is 32.3. The molecule has 0 aliphatic rings. The van der Waals surface area contributed by atoms with E-state index < -0.39 is 49.2 Å². The molecule has 2 aromatic carbocycles. The fourth-order valence-corrected chi connectivity index (χ4v) is 4.70. The molecule has 7 N–H and O–H groups in total. The van der Waals surface area contributed by atoms with Crippen LogP contribution in [0.2, 0.25) is 15.3 Å². The molecule has 294 valence electrons. The Labute approximate surface area is 317 Å². The number of hydrogen-bond acceptors (Lipinski definition) is 12. The van der Waals surface area contributed by atoms with Crippen molar-refractivity contribution in [2.45, 2.75) is 64.9 Å². The highest BCUT2D eigenvalue weighted by Gasteiger charge is 2.31. The standard InChI is InChI=1S/C17H11Cl2F3O5.C9H16ClN5.C5H12NO4P/c1-8(15(23)24)26-16(25)11-7-10(3-4-12(11)18)27-14-5-2-9(6-13(14)19)17(20,21)22;1-5-11-7-12-6(10)13-8(14-7)15-9(2,3)4;1-11(9,10)3-2-4(6)5(7)8/h2-8H,1H3,(H,23,24);5H2,1-4H3,(H2,11,12,13,14,15);4H,2-3,6H2,1H3,(H,7,8)(H,9,10)/t8-;;/m0../s1. The Kier molecular flexibility index (Phi) is 18.2. The molecular weight excluding hydrogens is 795 g/mol. The van der Waals surface area contributed by atoms with E-state index in [1.165, 1.54) is 18.8 Å². The van der Waals surface area contributed by atoms with Crippen LogP contribution in [0.1, 0.15) is 57.0 Å². The number of carboxylic acids is 2. The van der Waals surface area contributed by atoms with Crippen LogP contribution in [0.3, 0.4) is 0 Å². The number of aliphatic carboxylic acids is 2. The van der Waals surface area contributed by atoms with E-state index in [0.29, 0.717) is 18.0 Å². The highest BCUT2D eigenvalue weighted by Crippen LogP contribution is 2.37. The lowest BCUT2D eigenvalue weighted by molar-refractivity contribution is -0.146. The highest BCUT2D eigenvalue weighted by atomic mass is 35.5. The van der Waals surface area contributed by atoms with Gasteiger partial charge in [-0.1, -0.05) is 23.2 Å². The van der Waals surface area contributed by atoms with Gasteiger partial charge in [0.15, 0.2) is 13.5 Å². The molecule has 0 saturated heterocycles. The molecular formula is C31H39Cl3F3N6O9P. The van der Waals surface area contributed by atoms with Crippen molar-refractivity contribution in [3.8, 4) is 11.5 Å². The van der Waals surface area contributed by atoms with Gasteiger partial charge < -0.3 is 40.9 Å². The summed E-state index contributed by atoms with van der Waals surface area (Å²) in [6.45, 7) is 11.1. The number of esters is 1. The summed E-state index contributed by atoms with van der Waals surface area (Å²) in [7, 11) is -3.10. The van der Waals surface area contributed by atoms with Crippen LogP contribution >= 0.6 is 42.2 Å². The summed E-state index contributed by atoms with van der Waals surface area (Å²) in [6, 6.07) is 5.30. The van der Waals surface area contributed by atoms with Crippen molar-refractivity contribution in [1.29, 1.82) is 0 Å². The largest absolute Gasteiger partial charge is 0.480 e. The van der Waals surface area contributed by atoms with E-state index in [2.05, 4.69) is 25.6 Å². The summed E-state index contributed by atoms with van der Waals surface area (Å²) in [5.41, 5.74) is 3.87. The number of alkyl halides is 3. The third kappa shape index (κ3) is 18.6. The Balaban J connectivity index is 0.000000453. The first-order valence-corrected chi connectivity index (χ1v) is 18.6. The summed E-state index contributed by atoms with van der Waals surface area (Å²) < 4.78 is 58.8. The maximum Gasteiger partial charge on any atom is 0.416 e. The Morgan fingerprint density at radius 2 is 1.57 bits per heavy atom. The van der Waals surface area contributed by atoms with Crippen LogP contribution in [0, 0.1) is 0 Å². The lowest BCUT2D eigenvalue weighted by Crippen LogP contribution is -2.30. The molecule has 0 bridgehead atoms. The van der Waals surface area contributed by atoms with Crippen molar-refractivity contribution in [3.05, 3.63) is 62.9 Å². The molecule has 0 spiro atoms. The highest BCUT2D eigenvalue weighted by molar-refractivity contribution is 7.57. The van der Waals surface area contributed by atoms with E-state index in [-0.39, 0.29) is 50.5 Å². The van der Waals surface area contributed by atoms with E-state index in [0.717, 1.165) is 31.7 Å². The van der Waals surface area contributed by atoms with Crippen molar-refractivity contribution in [2.24, 2.45) is 5.73 Å². The van der Waals surface area contributed by atoms with Gasteiger partial charge in [-0.25, -0.2) is 9.59 Å². The number of anilines is 2. The number of carbonyl (C=O) groups is 3. The van der Waals surface area contributed by atoms with Crippen molar-refractivity contribution >= 4 is 72.0 Å². The number of nitrogens with two attached hydrogens (primary N) is 1. The number of carbonyl (C=O) groups excluding carboxylic acids is 1. The topological polar surface area (TPSA) is 236 Å². The third-order valence-corrected chi connectivity index (χ3v) is 7.76. The molecule has 3 rings (SSSR count). The number of rotatable bonds is 12. The Bertz CT molecular complexity index is 1780. The van der Waals surface area contributed by atoms with Gasteiger partial charge in [-0.15, -0.1) is 0 Å². The molecule has 22 heteroatoms. The van der Waals surface area contributed by atoms with Gasteiger partial charge in [0, 0.05) is 24.9 Å². The quantitative estimate of drug-likeness (QED) is 0.0776. The number of ether oxygens (including phenoxy) is 2. The van der Waals surface area contributed by atoms with Gasteiger partial charge >= 0.3 is 24.1 Å². The molecule has 1 aromatic heterocycles. The van der Waals surface area contributed by atoms with Crippen molar-refractivity contribution in [2.75, 3.05) is 30.0 Å². The number of benzene rings is 2. The van der Waals surface area contributed by atoms with Crippen LogP contribution in [0.15, 0.2) is 36.4 Å². The van der Waals surface area contributed by atoms with Crippen molar-refractivity contribution in [3.63, 3.8) is 0 Å². The maximum atomic E-state index is 12.7. The van der Waals surface area contributed by atoms with E-state index in [9.17, 15) is 32.1 Å². The molecule has 0 aliphatic heterocycles. The Morgan fingerprint density at radius 3 is 2.06 bits per heavy atom. The first-order valence-electron chi connectivity index (χ1n) is 15.2. The van der Waals surface area contributed by atoms with Gasteiger partial charge in [-0.05, 0) is 89.0 Å². The molecule has 1 heterocycles. The van der Waals surface area contributed by atoms with Crippen LogP contribution in [-0.2, 0) is 25.1 Å². The first kappa shape index (κ1) is 47.1. The molecule has 0 aliphatic carbocycles. The second-order valence-electron chi connectivity index (χ2n) is 11.9. The zero-order chi connectivity index (χ0) is 40.9. The van der Waals surface area contributed by atoms with Gasteiger partial charge in [0.1, 0.15) is 17.5 Å². The number of nitrogens with zero attached hydrogens (tertiary/aromatic N) is 3. The predicted octanol–water partition coefficient (Wildman–Crippen LogP) is 7.29. The normalized spacial score (nSPS) is 13.4. The van der Waals surface area contributed by atoms with Crippen LogP contribution in [0.5, 0.6) is 11.5 Å². The monoisotopic (exact) mass is 832 g/mol. The number of halogens is 6. The van der Waals surface area contributed by atoms with Crippen LogP contribution < -0.4 is 21.1 Å². The molecule has 3 aromatic rings. The van der Waals surface area contributed by atoms with Crippen LogP contribution in [0.25, 0.3) is 0 Å². The van der Waals surface area contributed by atoms with Crippen molar-refractivity contribution in [1.82, 2.24) is 15.0 Å². The molecule has 2 unspecified atom stereocenters. The fraction of sp³-hybridized carbons (Fsp3) is 0.419. The molecule has 15 nitrogen and oxygen atoms in total. The fourth-order valence-electron chi connectivity index (χ4n) is 3.37. The lowest BCUT2D eigenvalue weighted by atomic mass is 10.1. The number of hydrogen-bond donors (Lipinski definition) is 6. The number of nitrogens with one attached hydrogen (secondary N) is 2. The average Bonchev–Trinajstić information content (AvgIpc) is 3.00. The second kappa shape index (κ2) is 20.5. The Morgan fingerprint density at radius 1 is 0.962 bits per heavy atom. The molecule has 0 saturated carbocycles. The molecule has 53 heavy (non-hydrogen) atoms. The zero-order valence-electron chi connectivity index (χ0n) is 29.2. The van der Waals surface area contributed by atoms with E-state index in [4.69, 9.17) is 65.1 Å². The summed E-state index contributed by atoms with van der Waals surface area (Å²) in [6.07, 6.45) is -5.96. The van der Waals surface area contributed by atoms with Gasteiger partial charge in [0.2, 0.25) is 17.2 Å². The van der Waals surface area contributed by atoms with Gasteiger partial charge in [-0.3, -0.25) is 9.36 Å². The van der Waals surface area contributed by atoms with E-state index in [1.54, 1.807) is 0 Å². The van der Waals surface area contributed by atoms with Crippen LogP contribution in [-0.4, -0.2) is 85.0 Å². The molecule has 0 fully saturated rings. The summed E-state index contributed by atoms with van der Waals surface area (Å²) in [5, 5.41) is 23.1. The minimum atomic E-state index is -4.56. The van der Waals surface area contributed by atoms with Gasteiger partial charge in [-0.2, -0.15) is 28.1 Å². The van der Waals surface area contributed by atoms with Crippen molar-refractivity contribution < 1.29 is 56.7 Å². The SMILES string of the molecule is CCNc1nc(Cl)nc(NC(C)(C)C)n1.CP(=O)(O)CCC(N)C(=O)O.C[C@H](OC(=O)c1cc(Oc2ccc(C(F)(F)F)cc2Cl)ccc1Cl)C(=O)O. The van der Waals surface area contributed by atoms with E-state index >= 15 is 0 Å². The minimum Gasteiger partial charge on any atom is -0.480 e. The molecule has 0 radical (unpaired) electrons. The smallest absolute Gasteiger partial charge is 0.416 e. The summed E-state index contributed by atoms with van der Waals surface area (Å²) in [5.74, 6) is -2.55. The number of aromatic nitrogens is 3. The first-order chi connectivity index (χ1) is 24.2. The molecule has 3 atom stereocenters. The van der Waals surface area contributed by atoms with Crippen LogP contribution in [0.4, 0.5) is 25.1 Å². The lowest BCUT2D eigenvalue weighted by Gasteiger charge is -2.20. The van der Waals surface area contributed by atoms with Gasteiger partial charge in [0.25, 0.3) is 0 Å². The minimum absolute atomic E-state index is 0.0246. The van der Waals surface area contributed by atoms with Gasteiger partial charge in [0.05, 0.1) is 21.2 Å². The Hall–Kier alpha value is -3.93. The summed E-state index contributed by atoms with van der Waals surface area (Å²) in [4.78, 5) is 53.8. The average molecular weight is 834 g/mol. The summed E-state index contributed by atoms with van der Waals surface area (Å²) >= 11 is 17.5.